The first kappa shape index (κ1) is 36.8. The molecule has 0 heterocycles. The highest BCUT2D eigenvalue weighted by atomic mass is 16.8. The number of hydrogen-bond acceptors (Lipinski definition) is 5. The maximum atomic E-state index is 9.48. The van der Waals surface area contributed by atoms with Crippen molar-refractivity contribution >= 4 is 0 Å². The summed E-state index contributed by atoms with van der Waals surface area (Å²) < 4.78 is 19.0. The van der Waals surface area contributed by atoms with Gasteiger partial charge in [-0.2, -0.15) is 0 Å². The van der Waals surface area contributed by atoms with E-state index in [2.05, 4.69) is 27.7 Å². The highest BCUT2D eigenvalue weighted by Crippen LogP contribution is 2.21. The van der Waals surface area contributed by atoms with Crippen molar-refractivity contribution < 1.29 is 24.4 Å². The van der Waals surface area contributed by atoms with Crippen molar-refractivity contribution in [3.63, 3.8) is 0 Å². The number of aliphatic hydroxyl groups excluding tert-OH is 2. The molecule has 0 aromatic heterocycles. The second-order valence-corrected chi connectivity index (χ2v) is 11.8. The Labute approximate surface area is 231 Å². The minimum absolute atomic E-state index is 0.209. The summed E-state index contributed by atoms with van der Waals surface area (Å²) >= 11 is 0. The normalized spacial score (nSPS) is 16.9. The Hall–Kier alpha value is -0.200. The van der Waals surface area contributed by atoms with Crippen LogP contribution in [0.1, 0.15) is 157 Å². The molecule has 0 radical (unpaired) electrons. The highest BCUT2D eigenvalue weighted by molar-refractivity contribution is 4.60. The van der Waals surface area contributed by atoms with Crippen molar-refractivity contribution in [3.05, 3.63) is 0 Å². The van der Waals surface area contributed by atoms with Gasteiger partial charge in [-0.25, -0.2) is 0 Å². The lowest BCUT2D eigenvalue weighted by molar-refractivity contribution is -0.250. The van der Waals surface area contributed by atoms with Gasteiger partial charge in [0.1, 0.15) is 0 Å². The molecule has 5 nitrogen and oxygen atoms in total. The van der Waals surface area contributed by atoms with Crippen LogP contribution in [0.4, 0.5) is 0 Å². The zero-order chi connectivity index (χ0) is 27.7. The summed E-state index contributed by atoms with van der Waals surface area (Å²) in [6, 6.07) is 0. The van der Waals surface area contributed by atoms with Crippen LogP contribution in [0, 0.1) is 11.8 Å². The van der Waals surface area contributed by atoms with Crippen LogP contribution in [0.5, 0.6) is 0 Å². The van der Waals surface area contributed by atoms with E-state index in [1.807, 2.05) is 13.8 Å². The fourth-order valence-electron chi connectivity index (χ4n) is 4.96. The van der Waals surface area contributed by atoms with E-state index >= 15 is 0 Å². The fourth-order valence-corrected chi connectivity index (χ4v) is 4.96. The largest absolute Gasteiger partial charge is 0.393 e. The third kappa shape index (κ3) is 25.8. The maximum Gasteiger partial charge on any atom is 0.160 e. The van der Waals surface area contributed by atoms with Crippen molar-refractivity contribution in [2.45, 2.75) is 182 Å². The van der Waals surface area contributed by atoms with Gasteiger partial charge < -0.3 is 24.4 Å². The Kier molecular flexibility index (Phi) is 25.9. The van der Waals surface area contributed by atoms with Gasteiger partial charge >= 0.3 is 0 Å². The number of rotatable bonds is 28. The highest BCUT2D eigenvalue weighted by Gasteiger charge is 2.19. The summed E-state index contributed by atoms with van der Waals surface area (Å²) in [5.74, 6) is 1.50. The summed E-state index contributed by atoms with van der Waals surface area (Å²) in [5.41, 5.74) is 0. The third-order valence-corrected chi connectivity index (χ3v) is 7.28. The summed E-state index contributed by atoms with van der Waals surface area (Å²) in [4.78, 5) is 0. The van der Waals surface area contributed by atoms with Crippen LogP contribution >= 0.6 is 0 Å². The maximum absolute atomic E-state index is 9.48. The average Bonchev–Trinajstić information content (AvgIpc) is 2.82. The third-order valence-electron chi connectivity index (χ3n) is 7.28. The standard InChI is InChI=1S/C32H66O5/c1-7-17-27(3)19-15-23-31(35-25-13-9-11-21-29(5)33)37-32(24-16-20-28(4)18-8-2)36-26-14-10-12-22-30(6)34/h27-34H,7-26H2,1-6H3. The lowest BCUT2D eigenvalue weighted by Gasteiger charge is -2.26. The Bertz CT molecular complexity index is 416. The molecule has 0 aromatic rings. The molecule has 0 amide bonds. The van der Waals surface area contributed by atoms with Crippen molar-refractivity contribution in [1.29, 1.82) is 0 Å². The molecule has 0 aromatic carbocycles. The molecule has 0 saturated carbocycles. The summed E-state index contributed by atoms with van der Waals surface area (Å²) in [6.07, 6.45) is 18.7. The Morgan fingerprint density at radius 3 is 1.22 bits per heavy atom. The Morgan fingerprint density at radius 2 is 0.865 bits per heavy atom. The minimum Gasteiger partial charge on any atom is -0.393 e. The molecule has 0 fully saturated rings. The van der Waals surface area contributed by atoms with Crippen LogP contribution in [0.15, 0.2) is 0 Å². The molecular weight excluding hydrogens is 464 g/mol. The Morgan fingerprint density at radius 1 is 0.459 bits per heavy atom. The molecule has 0 spiro atoms. The van der Waals surface area contributed by atoms with E-state index in [9.17, 15) is 10.2 Å². The average molecular weight is 531 g/mol. The topological polar surface area (TPSA) is 68.2 Å². The van der Waals surface area contributed by atoms with E-state index < -0.39 is 0 Å². The molecular formula is C32H66O5. The summed E-state index contributed by atoms with van der Waals surface area (Å²) in [6.45, 7) is 14.3. The number of aliphatic hydroxyl groups is 2. The van der Waals surface area contributed by atoms with Gasteiger partial charge in [0.05, 0.1) is 12.2 Å². The molecule has 6 atom stereocenters. The van der Waals surface area contributed by atoms with Crippen molar-refractivity contribution in [3.8, 4) is 0 Å². The van der Waals surface area contributed by atoms with Gasteiger partial charge in [0, 0.05) is 13.2 Å². The van der Waals surface area contributed by atoms with Crippen LogP contribution in [0.3, 0.4) is 0 Å². The summed E-state index contributed by atoms with van der Waals surface area (Å²) in [7, 11) is 0. The molecule has 6 unspecified atom stereocenters. The van der Waals surface area contributed by atoms with E-state index in [0.717, 1.165) is 88.9 Å². The molecule has 0 bridgehead atoms. The second-order valence-electron chi connectivity index (χ2n) is 11.8. The molecule has 37 heavy (non-hydrogen) atoms. The first-order chi connectivity index (χ1) is 17.8. The minimum atomic E-state index is -0.216. The van der Waals surface area contributed by atoms with Crippen LogP contribution in [-0.2, 0) is 14.2 Å². The molecule has 224 valence electrons. The quantitative estimate of drug-likeness (QED) is 0.0781. The van der Waals surface area contributed by atoms with E-state index in [1.165, 1.54) is 38.5 Å². The van der Waals surface area contributed by atoms with Gasteiger partial charge in [0.2, 0.25) is 0 Å². The number of ether oxygens (including phenoxy) is 3. The van der Waals surface area contributed by atoms with E-state index in [1.54, 1.807) is 0 Å². The summed E-state index contributed by atoms with van der Waals surface area (Å²) in [5, 5.41) is 19.0. The van der Waals surface area contributed by atoms with E-state index in [0.29, 0.717) is 13.2 Å². The smallest absolute Gasteiger partial charge is 0.160 e. The lowest BCUT2D eigenvalue weighted by atomic mass is 9.99. The molecule has 5 heteroatoms. The Balaban J connectivity index is 4.81. The molecule has 0 aliphatic heterocycles. The zero-order valence-electron chi connectivity index (χ0n) is 25.7. The lowest BCUT2D eigenvalue weighted by Crippen LogP contribution is -2.28. The van der Waals surface area contributed by atoms with Gasteiger partial charge in [-0.15, -0.1) is 0 Å². The SMILES string of the molecule is CCCC(C)CCCC(OCCCCCC(C)O)OC(CCCC(C)CCC)OCCCCCC(C)O. The van der Waals surface area contributed by atoms with Crippen LogP contribution < -0.4 is 0 Å². The van der Waals surface area contributed by atoms with Crippen LogP contribution in [-0.4, -0.2) is 48.2 Å². The predicted octanol–water partition coefficient (Wildman–Crippen LogP) is 8.78. The van der Waals surface area contributed by atoms with E-state index in [4.69, 9.17) is 14.2 Å². The van der Waals surface area contributed by atoms with Gasteiger partial charge in [-0.1, -0.05) is 91.9 Å². The first-order valence-corrected chi connectivity index (χ1v) is 16.0. The zero-order valence-corrected chi connectivity index (χ0v) is 25.7. The number of unbranched alkanes of at least 4 members (excludes halogenated alkanes) is 4. The van der Waals surface area contributed by atoms with Crippen molar-refractivity contribution in [2.24, 2.45) is 11.8 Å². The van der Waals surface area contributed by atoms with Crippen LogP contribution in [0.25, 0.3) is 0 Å². The van der Waals surface area contributed by atoms with Crippen LogP contribution in [0.2, 0.25) is 0 Å². The van der Waals surface area contributed by atoms with Gasteiger partial charge in [-0.3, -0.25) is 0 Å². The molecule has 0 aliphatic rings. The fraction of sp³-hybridized carbons (Fsp3) is 1.00. The van der Waals surface area contributed by atoms with Crippen molar-refractivity contribution in [2.75, 3.05) is 13.2 Å². The molecule has 0 saturated heterocycles. The van der Waals surface area contributed by atoms with E-state index in [-0.39, 0.29) is 24.8 Å². The predicted molar refractivity (Wildman–Crippen MR) is 157 cm³/mol. The van der Waals surface area contributed by atoms with Gasteiger partial charge in [0.25, 0.3) is 0 Å². The molecule has 0 aliphatic carbocycles. The first-order valence-electron chi connectivity index (χ1n) is 16.0. The monoisotopic (exact) mass is 530 g/mol. The number of hydrogen-bond donors (Lipinski definition) is 2. The molecule has 0 rings (SSSR count). The van der Waals surface area contributed by atoms with Gasteiger partial charge in [-0.05, 0) is 77.0 Å². The molecule has 2 N–H and O–H groups in total. The van der Waals surface area contributed by atoms with Crippen molar-refractivity contribution in [1.82, 2.24) is 0 Å². The van der Waals surface area contributed by atoms with Gasteiger partial charge in [0.15, 0.2) is 12.6 Å². The second kappa shape index (κ2) is 26.0.